The lowest BCUT2D eigenvalue weighted by atomic mass is 10.1. The molecule has 4 nitrogen and oxygen atoms in total. The summed E-state index contributed by atoms with van der Waals surface area (Å²) in [5.74, 6) is -0.809. The van der Waals surface area contributed by atoms with E-state index in [1.165, 1.54) is 5.56 Å². The quantitative estimate of drug-likeness (QED) is 0.569. The molecule has 0 saturated carbocycles. The molecule has 22 heavy (non-hydrogen) atoms. The van der Waals surface area contributed by atoms with Gasteiger partial charge in [-0.05, 0) is 44.9 Å². The van der Waals surface area contributed by atoms with Crippen molar-refractivity contribution >= 4 is 11.9 Å². The van der Waals surface area contributed by atoms with Gasteiger partial charge in [-0.2, -0.15) is 0 Å². The summed E-state index contributed by atoms with van der Waals surface area (Å²) < 4.78 is 10.5. The number of benzene rings is 1. The van der Waals surface area contributed by atoms with Gasteiger partial charge in [-0.25, -0.2) is 9.59 Å². The fraction of sp³-hybridized carbons (Fsp3) is 0.444. The second-order valence-electron chi connectivity index (χ2n) is 5.87. The minimum atomic E-state index is -0.706. The van der Waals surface area contributed by atoms with Crippen LogP contribution in [0.2, 0.25) is 0 Å². The van der Waals surface area contributed by atoms with Crippen molar-refractivity contribution in [2.24, 2.45) is 0 Å². The van der Waals surface area contributed by atoms with E-state index in [9.17, 15) is 9.59 Å². The second kappa shape index (κ2) is 7.78. The Morgan fingerprint density at radius 2 is 1.77 bits per heavy atom. The normalized spacial score (nSPS) is 10.9. The molecule has 0 atom stereocenters. The fourth-order valence-corrected chi connectivity index (χ4v) is 1.74. The van der Waals surface area contributed by atoms with Crippen LogP contribution in [0.25, 0.3) is 0 Å². The van der Waals surface area contributed by atoms with E-state index in [2.05, 4.69) is 13.5 Å². The maximum Gasteiger partial charge on any atom is 0.338 e. The average molecular weight is 304 g/mol. The molecule has 0 aliphatic carbocycles. The van der Waals surface area contributed by atoms with E-state index in [1.54, 1.807) is 32.9 Å². The number of esters is 2. The summed E-state index contributed by atoms with van der Waals surface area (Å²) in [6, 6.07) is 7.34. The molecule has 0 fully saturated rings. The Balaban J connectivity index is 2.46. The average Bonchev–Trinajstić information content (AvgIpc) is 2.46. The molecule has 1 aromatic rings. The van der Waals surface area contributed by atoms with E-state index in [0.29, 0.717) is 17.6 Å². The Morgan fingerprint density at radius 1 is 1.18 bits per heavy atom. The number of aryl methyl sites for hydroxylation is 1. The Bertz CT molecular complexity index is 541. The number of hydrogen-bond donors (Lipinski definition) is 0. The van der Waals surface area contributed by atoms with Crippen LogP contribution < -0.4 is 0 Å². The first-order valence-electron chi connectivity index (χ1n) is 7.40. The van der Waals surface area contributed by atoms with E-state index >= 15 is 0 Å². The van der Waals surface area contributed by atoms with Crippen LogP contribution in [-0.2, 0) is 20.7 Å². The Labute approximate surface area is 132 Å². The monoisotopic (exact) mass is 304 g/mol. The molecule has 120 valence electrons. The van der Waals surface area contributed by atoms with Crippen molar-refractivity contribution in [1.29, 1.82) is 0 Å². The summed E-state index contributed by atoms with van der Waals surface area (Å²) in [5.41, 5.74) is 1.34. The van der Waals surface area contributed by atoms with Gasteiger partial charge in [0.2, 0.25) is 0 Å². The topological polar surface area (TPSA) is 52.6 Å². The van der Waals surface area contributed by atoms with Crippen molar-refractivity contribution in [3.8, 4) is 0 Å². The van der Waals surface area contributed by atoms with Gasteiger partial charge in [-0.15, -0.1) is 0 Å². The van der Waals surface area contributed by atoms with Gasteiger partial charge in [0.15, 0.2) is 0 Å². The first kappa shape index (κ1) is 18.0. The van der Waals surface area contributed by atoms with Crippen molar-refractivity contribution in [2.75, 3.05) is 6.61 Å². The molecule has 1 rings (SSSR count). The number of ether oxygens (including phenoxy) is 2. The predicted molar refractivity (Wildman–Crippen MR) is 85.7 cm³/mol. The molecule has 4 heteroatoms. The maximum atomic E-state index is 11.9. The van der Waals surface area contributed by atoms with Crippen molar-refractivity contribution in [2.45, 2.75) is 46.1 Å². The third-order valence-electron chi connectivity index (χ3n) is 3.25. The van der Waals surface area contributed by atoms with Crippen LogP contribution in [0.5, 0.6) is 0 Å². The van der Waals surface area contributed by atoms with Crippen LogP contribution in [0, 0.1) is 0 Å². The highest BCUT2D eigenvalue weighted by Gasteiger charge is 2.23. The first-order chi connectivity index (χ1) is 10.2. The zero-order chi connectivity index (χ0) is 16.8. The molecule has 0 radical (unpaired) electrons. The van der Waals surface area contributed by atoms with E-state index in [4.69, 9.17) is 9.47 Å². The van der Waals surface area contributed by atoms with Crippen LogP contribution in [0.3, 0.4) is 0 Å². The summed E-state index contributed by atoms with van der Waals surface area (Å²) in [7, 11) is 0. The van der Waals surface area contributed by atoms with Crippen LogP contribution in [-0.4, -0.2) is 24.1 Å². The van der Waals surface area contributed by atoms with Gasteiger partial charge in [-0.1, -0.05) is 25.6 Å². The SMILES string of the molecule is C=C(C)C(=O)OC(C)(C)CCOC(=O)c1ccc(CC)cc1. The van der Waals surface area contributed by atoms with Gasteiger partial charge in [0.25, 0.3) is 0 Å². The zero-order valence-corrected chi connectivity index (χ0v) is 13.8. The highest BCUT2D eigenvalue weighted by atomic mass is 16.6. The Kier molecular flexibility index (Phi) is 6.35. The molecule has 0 unspecified atom stereocenters. The summed E-state index contributed by atoms with van der Waals surface area (Å²) in [5, 5.41) is 0. The van der Waals surface area contributed by atoms with Crippen LogP contribution in [0.4, 0.5) is 0 Å². The Morgan fingerprint density at radius 3 is 2.27 bits per heavy atom. The van der Waals surface area contributed by atoms with E-state index in [0.717, 1.165) is 6.42 Å². The smallest absolute Gasteiger partial charge is 0.338 e. The molecule has 0 bridgehead atoms. The third kappa shape index (κ3) is 5.72. The van der Waals surface area contributed by atoms with Crippen molar-refractivity contribution in [1.82, 2.24) is 0 Å². The van der Waals surface area contributed by atoms with Gasteiger partial charge in [0.05, 0.1) is 12.2 Å². The third-order valence-corrected chi connectivity index (χ3v) is 3.25. The molecule has 0 spiro atoms. The van der Waals surface area contributed by atoms with Crippen LogP contribution in [0.1, 0.15) is 50.0 Å². The van der Waals surface area contributed by atoms with Crippen LogP contribution >= 0.6 is 0 Å². The minimum absolute atomic E-state index is 0.185. The first-order valence-corrected chi connectivity index (χ1v) is 7.40. The predicted octanol–water partition coefficient (Wildman–Crippen LogP) is 3.69. The summed E-state index contributed by atoms with van der Waals surface area (Å²) in [6.45, 7) is 10.9. The molecular formula is C18H24O4. The van der Waals surface area contributed by atoms with E-state index < -0.39 is 11.6 Å². The highest BCUT2D eigenvalue weighted by molar-refractivity contribution is 5.89. The van der Waals surface area contributed by atoms with E-state index in [1.807, 2.05) is 12.1 Å². The second-order valence-corrected chi connectivity index (χ2v) is 5.87. The van der Waals surface area contributed by atoms with Gasteiger partial charge >= 0.3 is 11.9 Å². The van der Waals surface area contributed by atoms with E-state index in [-0.39, 0.29) is 12.6 Å². The number of carbonyl (C=O) groups excluding carboxylic acids is 2. The van der Waals surface area contributed by atoms with Gasteiger partial charge < -0.3 is 9.47 Å². The summed E-state index contributed by atoms with van der Waals surface area (Å²) in [4.78, 5) is 23.4. The highest BCUT2D eigenvalue weighted by Crippen LogP contribution is 2.17. The molecule has 0 aromatic heterocycles. The largest absolute Gasteiger partial charge is 0.462 e. The lowest BCUT2D eigenvalue weighted by Crippen LogP contribution is -2.30. The number of rotatable bonds is 7. The van der Waals surface area contributed by atoms with Gasteiger partial charge in [0, 0.05) is 12.0 Å². The Hall–Kier alpha value is -2.10. The summed E-state index contributed by atoms with van der Waals surface area (Å²) in [6.07, 6.45) is 1.35. The van der Waals surface area contributed by atoms with Crippen molar-refractivity contribution in [3.05, 3.63) is 47.5 Å². The van der Waals surface area contributed by atoms with Crippen LogP contribution in [0.15, 0.2) is 36.4 Å². The van der Waals surface area contributed by atoms with Gasteiger partial charge in [-0.3, -0.25) is 0 Å². The molecular weight excluding hydrogens is 280 g/mol. The van der Waals surface area contributed by atoms with Crippen molar-refractivity contribution < 1.29 is 19.1 Å². The molecule has 1 aromatic carbocycles. The standard InChI is InChI=1S/C18H24O4/c1-6-14-7-9-15(10-8-14)17(20)21-12-11-18(4,5)22-16(19)13(2)3/h7-10H,2,6,11-12H2,1,3-5H3. The minimum Gasteiger partial charge on any atom is -0.462 e. The fourth-order valence-electron chi connectivity index (χ4n) is 1.74. The molecule has 0 N–H and O–H groups in total. The summed E-state index contributed by atoms with van der Waals surface area (Å²) >= 11 is 0. The number of carbonyl (C=O) groups is 2. The lowest BCUT2D eigenvalue weighted by Gasteiger charge is -2.24. The zero-order valence-electron chi connectivity index (χ0n) is 13.8. The number of hydrogen-bond acceptors (Lipinski definition) is 4. The van der Waals surface area contributed by atoms with Gasteiger partial charge in [0.1, 0.15) is 5.60 Å². The maximum absolute atomic E-state index is 11.9. The molecule has 0 aliphatic heterocycles. The molecule has 0 heterocycles. The molecule has 0 saturated heterocycles. The molecule has 0 aliphatic rings. The lowest BCUT2D eigenvalue weighted by molar-refractivity contribution is -0.152. The molecule has 0 amide bonds. The van der Waals surface area contributed by atoms with Crippen molar-refractivity contribution in [3.63, 3.8) is 0 Å².